The van der Waals surface area contributed by atoms with Crippen molar-refractivity contribution >= 4 is 11.6 Å². The molecule has 0 saturated heterocycles. The van der Waals surface area contributed by atoms with Crippen molar-refractivity contribution in [2.24, 2.45) is 0 Å². The highest BCUT2D eigenvalue weighted by Crippen LogP contribution is 2.36. The van der Waals surface area contributed by atoms with Crippen molar-refractivity contribution in [3.05, 3.63) is 51.8 Å². The number of allylic oxidation sites excluding steroid dienone is 4. The summed E-state index contributed by atoms with van der Waals surface area (Å²) in [6.07, 6.45) is 1.96. The van der Waals surface area contributed by atoms with Gasteiger partial charge < -0.3 is 10.4 Å². The van der Waals surface area contributed by atoms with Gasteiger partial charge in [-0.1, -0.05) is 23.7 Å². The highest BCUT2D eigenvalue weighted by molar-refractivity contribution is 6.31. The predicted molar refractivity (Wildman–Crippen MR) is 71.1 cm³/mol. The second-order valence-electron chi connectivity index (χ2n) is 4.31. The number of phenolic OH excluding ortho intramolecular Hbond substituents is 1. The Kier molecular flexibility index (Phi) is 3.31. The van der Waals surface area contributed by atoms with Crippen LogP contribution in [0.5, 0.6) is 5.75 Å². The first-order chi connectivity index (χ1) is 8.52. The van der Waals surface area contributed by atoms with Crippen molar-refractivity contribution < 1.29 is 5.11 Å². The Morgan fingerprint density at radius 2 is 2.11 bits per heavy atom. The van der Waals surface area contributed by atoms with E-state index in [1.165, 1.54) is 6.07 Å². The molecule has 0 saturated carbocycles. The number of nitrogens with one attached hydrogen (secondary N) is 1. The van der Waals surface area contributed by atoms with E-state index < -0.39 is 0 Å². The molecule has 4 heteroatoms. The van der Waals surface area contributed by atoms with Gasteiger partial charge in [0.25, 0.3) is 0 Å². The van der Waals surface area contributed by atoms with E-state index in [4.69, 9.17) is 11.6 Å². The van der Waals surface area contributed by atoms with Crippen molar-refractivity contribution in [1.29, 1.82) is 5.26 Å². The molecule has 0 fully saturated rings. The van der Waals surface area contributed by atoms with Crippen LogP contribution in [0.15, 0.2) is 41.2 Å². The quantitative estimate of drug-likeness (QED) is 0.813. The zero-order chi connectivity index (χ0) is 13.3. The van der Waals surface area contributed by atoms with Crippen LogP contribution in [-0.2, 0) is 0 Å². The van der Waals surface area contributed by atoms with E-state index in [1.807, 2.05) is 19.9 Å². The maximum atomic E-state index is 9.37. The van der Waals surface area contributed by atoms with Gasteiger partial charge in [0.15, 0.2) is 0 Å². The molecule has 3 nitrogen and oxygen atoms in total. The predicted octanol–water partition coefficient (Wildman–Crippen LogP) is 3.43. The molecule has 1 unspecified atom stereocenters. The summed E-state index contributed by atoms with van der Waals surface area (Å²) in [6.45, 7) is 3.81. The molecule has 0 spiro atoms. The normalized spacial score (nSPS) is 19.0. The highest BCUT2D eigenvalue weighted by Gasteiger charge is 2.23. The van der Waals surface area contributed by atoms with Crippen LogP contribution >= 0.6 is 11.6 Å². The number of hydrogen-bond donors (Lipinski definition) is 2. The zero-order valence-electron chi connectivity index (χ0n) is 10.2. The molecular weight excluding hydrogens is 248 g/mol. The van der Waals surface area contributed by atoms with Crippen LogP contribution in [-0.4, -0.2) is 5.11 Å². The van der Waals surface area contributed by atoms with E-state index in [2.05, 4.69) is 11.4 Å². The molecule has 0 bridgehead atoms. The Labute approximate surface area is 111 Å². The summed E-state index contributed by atoms with van der Waals surface area (Å²) >= 11 is 6.14. The fraction of sp³-hybridized carbons (Fsp3) is 0.214. The van der Waals surface area contributed by atoms with Gasteiger partial charge in [-0.3, -0.25) is 0 Å². The van der Waals surface area contributed by atoms with Gasteiger partial charge in [0.1, 0.15) is 5.75 Å². The molecule has 0 aromatic heterocycles. The largest absolute Gasteiger partial charge is 0.508 e. The average molecular weight is 261 g/mol. The summed E-state index contributed by atoms with van der Waals surface area (Å²) in [6, 6.07) is 7.04. The van der Waals surface area contributed by atoms with Gasteiger partial charge in [0, 0.05) is 22.3 Å². The molecule has 2 N–H and O–H groups in total. The number of aromatic hydroxyl groups is 1. The lowest BCUT2D eigenvalue weighted by molar-refractivity contribution is 0.475. The minimum absolute atomic E-state index is 0.123. The molecule has 0 radical (unpaired) electrons. The molecule has 1 aliphatic heterocycles. The lowest BCUT2D eigenvalue weighted by Crippen LogP contribution is -2.19. The summed E-state index contributed by atoms with van der Waals surface area (Å²) in [5, 5.41) is 22.2. The SMILES string of the molecule is CC1=CC(c2ccc(O)cc2Cl)C(C#N)=C(C)N1. The van der Waals surface area contributed by atoms with Gasteiger partial charge in [-0.15, -0.1) is 0 Å². The van der Waals surface area contributed by atoms with Crippen molar-refractivity contribution in [1.82, 2.24) is 5.32 Å². The number of benzene rings is 1. The van der Waals surface area contributed by atoms with Gasteiger partial charge in [-0.2, -0.15) is 5.26 Å². The minimum atomic E-state index is -0.163. The van der Waals surface area contributed by atoms with Gasteiger partial charge >= 0.3 is 0 Å². The number of nitrogens with zero attached hydrogens (tertiary/aromatic N) is 1. The van der Waals surface area contributed by atoms with Crippen molar-refractivity contribution in [2.75, 3.05) is 0 Å². The van der Waals surface area contributed by atoms with E-state index >= 15 is 0 Å². The standard InChI is InChI=1S/C14H13ClN2O/c1-8-5-12(13(7-16)9(2)17-8)11-4-3-10(18)6-14(11)15/h3-6,12,17-18H,1-2H3. The third kappa shape index (κ3) is 2.20. The first kappa shape index (κ1) is 12.5. The summed E-state index contributed by atoms with van der Waals surface area (Å²) in [5.74, 6) is -0.0399. The van der Waals surface area contributed by atoms with E-state index in [0.717, 1.165) is 17.0 Å². The molecule has 2 rings (SSSR count). The van der Waals surface area contributed by atoms with Gasteiger partial charge in [-0.25, -0.2) is 0 Å². The maximum Gasteiger partial charge on any atom is 0.117 e. The topological polar surface area (TPSA) is 56.0 Å². The zero-order valence-corrected chi connectivity index (χ0v) is 10.9. The molecule has 0 amide bonds. The lowest BCUT2D eigenvalue weighted by atomic mass is 9.87. The van der Waals surface area contributed by atoms with Crippen LogP contribution in [0.1, 0.15) is 25.3 Å². The lowest BCUT2D eigenvalue weighted by Gasteiger charge is -2.23. The third-order valence-corrected chi connectivity index (χ3v) is 3.28. The number of dihydropyridines is 1. The van der Waals surface area contributed by atoms with E-state index in [0.29, 0.717) is 10.6 Å². The smallest absolute Gasteiger partial charge is 0.117 e. The average Bonchev–Trinajstić information content (AvgIpc) is 2.28. The van der Waals surface area contributed by atoms with Gasteiger partial charge in [0.05, 0.1) is 11.6 Å². The Balaban J connectivity index is 2.54. The second-order valence-corrected chi connectivity index (χ2v) is 4.72. The van der Waals surface area contributed by atoms with Crippen LogP contribution in [0.2, 0.25) is 5.02 Å². The first-order valence-corrected chi connectivity index (χ1v) is 5.95. The van der Waals surface area contributed by atoms with Crippen molar-refractivity contribution in [3.8, 4) is 11.8 Å². The third-order valence-electron chi connectivity index (χ3n) is 2.96. The minimum Gasteiger partial charge on any atom is -0.508 e. The molecule has 92 valence electrons. The van der Waals surface area contributed by atoms with Crippen LogP contribution in [0.25, 0.3) is 0 Å². The molecule has 1 heterocycles. The molecule has 1 atom stereocenters. The number of hydrogen-bond acceptors (Lipinski definition) is 3. The summed E-state index contributed by atoms with van der Waals surface area (Å²) < 4.78 is 0. The fourth-order valence-corrected chi connectivity index (χ4v) is 2.43. The van der Waals surface area contributed by atoms with Crippen LogP contribution in [0.3, 0.4) is 0 Å². The summed E-state index contributed by atoms with van der Waals surface area (Å²) in [7, 11) is 0. The molecule has 1 aliphatic rings. The van der Waals surface area contributed by atoms with Crippen molar-refractivity contribution in [2.45, 2.75) is 19.8 Å². The molecular formula is C14H13ClN2O. The van der Waals surface area contributed by atoms with Crippen LogP contribution in [0, 0.1) is 11.3 Å². The van der Waals surface area contributed by atoms with E-state index in [-0.39, 0.29) is 11.7 Å². The number of nitriles is 1. The maximum absolute atomic E-state index is 9.37. The summed E-state index contributed by atoms with van der Waals surface area (Å²) in [5.41, 5.74) is 3.30. The first-order valence-electron chi connectivity index (χ1n) is 5.57. The van der Waals surface area contributed by atoms with Crippen LogP contribution < -0.4 is 5.32 Å². The Morgan fingerprint density at radius 3 is 2.72 bits per heavy atom. The molecule has 1 aromatic carbocycles. The number of halogens is 1. The van der Waals surface area contributed by atoms with Gasteiger partial charge in [-0.05, 0) is 31.5 Å². The molecule has 0 aliphatic carbocycles. The number of phenols is 1. The Bertz CT molecular complexity index is 596. The second kappa shape index (κ2) is 4.75. The fourth-order valence-electron chi connectivity index (χ4n) is 2.14. The highest BCUT2D eigenvalue weighted by atomic mass is 35.5. The van der Waals surface area contributed by atoms with Crippen LogP contribution in [0.4, 0.5) is 0 Å². The number of rotatable bonds is 1. The Morgan fingerprint density at radius 1 is 1.39 bits per heavy atom. The molecule has 18 heavy (non-hydrogen) atoms. The monoisotopic (exact) mass is 260 g/mol. The van der Waals surface area contributed by atoms with E-state index in [9.17, 15) is 10.4 Å². The van der Waals surface area contributed by atoms with E-state index in [1.54, 1.807) is 12.1 Å². The van der Waals surface area contributed by atoms with Crippen molar-refractivity contribution in [3.63, 3.8) is 0 Å². The van der Waals surface area contributed by atoms with Gasteiger partial charge in [0.2, 0.25) is 0 Å². The molecule has 1 aromatic rings. The summed E-state index contributed by atoms with van der Waals surface area (Å²) in [4.78, 5) is 0. The Hall–Kier alpha value is -1.92.